The molecule has 2 N–H and O–H groups in total. The van der Waals surface area contributed by atoms with E-state index in [2.05, 4.69) is 32.7 Å². The molecule has 1 aliphatic rings. The third-order valence-electron chi connectivity index (χ3n) is 5.64. The van der Waals surface area contributed by atoms with E-state index in [9.17, 15) is 4.39 Å². The molecule has 1 heterocycles. The molecular weight excluding hydrogens is 522 g/mol. The van der Waals surface area contributed by atoms with Crippen LogP contribution >= 0.6 is 24.0 Å². The highest BCUT2D eigenvalue weighted by atomic mass is 127. The summed E-state index contributed by atoms with van der Waals surface area (Å²) in [5.41, 5.74) is 2.70. The Morgan fingerprint density at radius 2 is 1.88 bits per heavy atom. The molecule has 0 radical (unpaired) electrons. The number of nitrogens with zero attached hydrogens (tertiary/aromatic N) is 2. The van der Waals surface area contributed by atoms with Gasteiger partial charge in [0.05, 0.1) is 19.8 Å². The van der Waals surface area contributed by atoms with Gasteiger partial charge < -0.3 is 20.1 Å². The second-order valence-corrected chi connectivity index (χ2v) is 7.67. The van der Waals surface area contributed by atoms with Crippen LogP contribution in [0.25, 0.3) is 0 Å². The third kappa shape index (κ3) is 7.05. The zero-order chi connectivity index (χ0) is 22.1. The predicted octanol–water partition coefficient (Wildman–Crippen LogP) is 4.10. The summed E-state index contributed by atoms with van der Waals surface area (Å²) in [5.74, 6) is 1.36. The quantitative estimate of drug-likeness (QED) is 0.277. The van der Waals surface area contributed by atoms with Crippen molar-refractivity contribution < 1.29 is 13.9 Å². The Bertz CT molecular complexity index is 875. The van der Waals surface area contributed by atoms with Crippen molar-refractivity contribution in [2.45, 2.75) is 32.0 Å². The number of halogens is 2. The fourth-order valence-electron chi connectivity index (χ4n) is 4.03. The third-order valence-corrected chi connectivity index (χ3v) is 5.64. The van der Waals surface area contributed by atoms with E-state index in [1.807, 2.05) is 18.2 Å². The molecule has 1 aliphatic heterocycles. The molecule has 1 fully saturated rings. The first-order valence-electron chi connectivity index (χ1n) is 10.7. The van der Waals surface area contributed by atoms with Crippen molar-refractivity contribution in [3.05, 3.63) is 65.0 Å². The molecule has 8 heteroatoms. The van der Waals surface area contributed by atoms with Gasteiger partial charge in [0.2, 0.25) is 0 Å². The van der Waals surface area contributed by atoms with E-state index in [0.29, 0.717) is 24.6 Å². The molecule has 0 aromatic heterocycles. The van der Waals surface area contributed by atoms with Gasteiger partial charge in [-0.1, -0.05) is 24.3 Å². The molecule has 1 saturated heterocycles. The minimum absolute atomic E-state index is 0. The first-order chi connectivity index (χ1) is 15.2. The fourth-order valence-corrected chi connectivity index (χ4v) is 4.03. The van der Waals surface area contributed by atoms with E-state index in [1.165, 1.54) is 24.5 Å². The topological polar surface area (TPSA) is 58.1 Å². The first-order valence-corrected chi connectivity index (χ1v) is 10.7. The van der Waals surface area contributed by atoms with Crippen molar-refractivity contribution in [2.24, 2.45) is 4.99 Å². The van der Waals surface area contributed by atoms with Gasteiger partial charge in [-0.05, 0) is 49.7 Å². The number of likely N-dealkylation sites (tertiary alicyclic amines) is 1. The van der Waals surface area contributed by atoms with Crippen LogP contribution in [0.4, 0.5) is 4.39 Å². The fraction of sp³-hybridized carbons (Fsp3) is 0.458. The Morgan fingerprint density at radius 1 is 1.12 bits per heavy atom. The number of ether oxygens (including phenoxy) is 2. The monoisotopic (exact) mass is 556 g/mol. The molecule has 0 aliphatic carbocycles. The standard InChI is InChI=1S/C24H33FN4O2.HI/c1-26-24(27-15-18-10-11-21(25)19(14-18)17-30-2)28-16-22(29-12-6-7-13-29)20-8-4-5-9-23(20)31-3;/h4-5,8-11,14,22H,6-7,12-13,15-17H2,1-3H3,(H2,26,27,28);1H. The minimum Gasteiger partial charge on any atom is -0.496 e. The number of rotatable bonds is 9. The summed E-state index contributed by atoms with van der Waals surface area (Å²) < 4.78 is 24.5. The number of methoxy groups -OCH3 is 2. The zero-order valence-electron chi connectivity index (χ0n) is 19.1. The van der Waals surface area contributed by atoms with E-state index in [4.69, 9.17) is 9.47 Å². The number of nitrogens with one attached hydrogen (secondary N) is 2. The highest BCUT2D eigenvalue weighted by Gasteiger charge is 2.26. The van der Waals surface area contributed by atoms with E-state index in [0.717, 1.165) is 24.4 Å². The summed E-state index contributed by atoms with van der Waals surface area (Å²) >= 11 is 0. The molecule has 0 spiro atoms. The van der Waals surface area contributed by atoms with Crippen molar-refractivity contribution in [2.75, 3.05) is 40.9 Å². The van der Waals surface area contributed by atoms with Gasteiger partial charge in [-0.25, -0.2) is 4.39 Å². The lowest BCUT2D eigenvalue weighted by atomic mass is 10.0. The number of guanidine groups is 1. The molecule has 6 nitrogen and oxygen atoms in total. The normalized spacial score (nSPS) is 15.2. The number of hydrogen-bond donors (Lipinski definition) is 2. The van der Waals surface area contributed by atoms with E-state index >= 15 is 0 Å². The van der Waals surface area contributed by atoms with Gasteiger partial charge in [0.1, 0.15) is 11.6 Å². The summed E-state index contributed by atoms with van der Waals surface area (Å²) in [5, 5.41) is 6.79. The van der Waals surface area contributed by atoms with Crippen molar-refractivity contribution in [3.8, 4) is 5.75 Å². The van der Waals surface area contributed by atoms with E-state index in [1.54, 1.807) is 27.3 Å². The predicted molar refractivity (Wildman–Crippen MR) is 137 cm³/mol. The minimum atomic E-state index is -0.252. The average molecular weight is 556 g/mol. The summed E-state index contributed by atoms with van der Waals surface area (Å²) in [6.07, 6.45) is 2.43. The number of benzene rings is 2. The van der Waals surface area contributed by atoms with Crippen LogP contribution in [0.5, 0.6) is 5.75 Å². The van der Waals surface area contributed by atoms with Gasteiger partial charge in [0.25, 0.3) is 0 Å². The lowest BCUT2D eigenvalue weighted by molar-refractivity contribution is 0.181. The highest BCUT2D eigenvalue weighted by Crippen LogP contribution is 2.31. The SMILES string of the molecule is CN=C(NCc1ccc(F)c(COC)c1)NCC(c1ccccc1OC)N1CCCC1.I. The van der Waals surface area contributed by atoms with Crippen LogP contribution in [-0.2, 0) is 17.9 Å². The largest absolute Gasteiger partial charge is 0.496 e. The number of para-hydroxylation sites is 1. The van der Waals surface area contributed by atoms with Crippen molar-refractivity contribution >= 4 is 29.9 Å². The second-order valence-electron chi connectivity index (χ2n) is 7.67. The Hall–Kier alpha value is -1.91. The van der Waals surface area contributed by atoms with Crippen LogP contribution in [0.3, 0.4) is 0 Å². The van der Waals surface area contributed by atoms with E-state index < -0.39 is 0 Å². The molecular formula is C24H34FIN4O2. The smallest absolute Gasteiger partial charge is 0.191 e. The molecule has 32 heavy (non-hydrogen) atoms. The summed E-state index contributed by atoms with van der Waals surface area (Å²) in [6, 6.07) is 13.5. The lowest BCUT2D eigenvalue weighted by Gasteiger charge is -2.30. The molecule has 0 amide bonds. The summed E-state index contributed by atoms with van der Waals surface area (Å²) in [6.45, 7) is 3.66. The maximum Gasteiger partial charge on any atom is 0.191 e. The van der Waals surface area contributed by atoms with Crippen LogP contribution in [0.15, 0.2) is 47.5 Å². The van der Waals surface area contributed by atoms with Crippen LogP contribution in [-0.4, -0.2) is 51.8 Å². The zero-order valence-corrected chi connectivity index (χ0v) is 21.4. The average Bonchev–Trinajstić information content (AvgIpc) is 3.33. The first kappa shape index (κ1) is 26.3. The number of aliphatic imine (C=N–C) groups is 1. The van der Waals surface area contributed by atoms with Gasteiger partial charge in [-0.3, -0.25) is 9.89 Å². The van der Waals surface area contributed by atoms with Gasteiger partial charge >= 0.3 is 0 Å². The molecule has 1 unspecified atom stereocenters. The lowest BCUT2D eigenvalue weighted by Crippen LogP contribution is -2.42. The van der Waals surface area contributed by atoms with Crippen LogP contribution in [0.2, 0.25) is 0 Å². The van der Waals surface area contributed by atoms with Gasteiger partial charge in [0.15, 0.2) is 5.96 Å². The molecule has 176 valence electrons. The molecule has 0 saturated carbocycles. The van der Waals surface area contributed by atoms with Crippen LogP contribution in [0.1, 0.15) is 35.6 Å². The molecule has 0 bridgehead atoms. The van der Waals surface area contributed by atoms with Crippen molar-refractivity contribution in [1.82, 2.24) is 15.5 Å². The maximum atomic E-state index is 13.9. The molecule has 2 aromatic rings. The molecule has 1 atom stereocenters. The summed E-state index contributed by atoms with van der Waals surface area (Å²) in [7, 11) is 5.04. The van der Waals surface area contributed by atoms with Gasteiger partial charge in [-0.2, -0.15) is 0 Å². The Morgan fingerprint density at radius 3 is 2.56 bits per heavy atom. The molecule has 2 aromatic carbocycles. The van der Waals surface area contributed by atoms with Crippen molar-refractivity contribution in [3.63, 3.8) is 0 Å². The number of hydrogen-bond acceptors (Lipinski definition) is 4. The highest BCUT2D eigenvalue weighted by molar-refractivity contribution is 14.0. The Labute approximate surface area is 207 Å². The van der Waals surface area contributed by atoms with E-state index in [-0.39, 0.29) is 42.4 Å². The van der Waals surface area contributed by atoms with Crippen molar-refractivity contribution in [1.29, 1.82) is 0 Å². The van der Waals surface area contributed by atoms with Gasteiger partial charge in [0, 0.05) is 38.4 Å². The Kier molecular flexibility index (Phi) is 11.2. The Balaban J connectivity index is 0.00000363. The van der Waals surface area contributed by atoms with Gasteiger partial charge in [-0.15, -0.1) is 24.0 Å². The maximum absolute atomic E-state index is 13.9. The second kappa shape index (κ2) is 13.6. The van der Waals surface area contributed by atoms with Crippen LogP contribution < -0.4 is 15.4 Å². The van der Waals surface area contributed by atoms with Crippen LogP contribution in [0, 0.1) is 5.82 Å². The molecule has 3 rings (SSSR count). The summed E-state index contributed by atoms with van der Waals surface area (Å²) in [4.78, 5) is 6.86.